The minimum atomic E-state index is -3.81. The SMILES string of the molecule is COC(=O)CNS(=O)(=O)c1ccc(NC(=O)Cc2cccs2)cc1. The Balaban J connectivity index is 1.97. The maximum atomic E-state index is 12.0. The van der Waals surface area contributed by atoms with Gasteiger partial charge in [-0.1, -0.05) is 6.07 Å². The molecule has 2 N–H and O–H groups in total. The van der Waals surface area contributed by atoms with Crippen LogP contribution in [0.2, 0.25) is 0 Å². The molecule has 1 amide bonds. The topological polar surface area (TPSA) is 102 Å². The molecule has 9 heteroatoms. The van der Waals surface area contributed by atoms with Crippen LogP contribution in [-0.2, 0) is 30.8 Å². The van der Waals surface area contributed by atoms with E-state index in [1.165, 1.54) is 42.7 Å². The highest BCUT2D eigenvalue weighted by atomic mass is 32.2. The molecule has 0 spiro atoms. The van der Waals surface area contributed by atoms with E-state index in [1.807, 2.05) is 17.5 Å². The third kappa shape index (κ3) is 5.15. The molecule has 0 radical (unpaired) electrons. The van der Waals surface area contributed by atoms with Crippen molar-refractivity contribution < 1.29 is 22.7 Å². The van der Waals surface area contributed by atoms with Crippen molar-refractivity contribution in [3.05, 3.63) is 46.7 Å². The summed E-state index contributed by atoms with van der Waals surface area (Å²) < 4.78 is 30.5. The molecule has 24 heavy (non-hydrogen) atoms. The highest BCUT2D eigenvalue weighted by Crippen LogP contribution is 2.15. The van der Waals surface area contributed by atoms with Crippen LogP contribution in [0.4, 0.5) is 5.69 Å². The number of thiophene rings is 1. The van der Waals surface area contributed by atoms with E-state index in [0.29, 0.717) is 5.69 Å². The molecule has 0 saturated heterocycles. The number of hydrogen-bond acceptors (Lipinski definition) is 6. The number of hydrogen-bond donors (Lipinski definition) is 2. The molecular formula is C15H16N2O5S2. The van der Waals surface area contributed by atoms with Crippen molar-refractivity contribution >= 4 is 38.9 Å². The summed E-state index contributed by atoms with van der Waals surface area (Å²) in [6, 6.07) is 9.40. The fraction of sp³-hybridized carbons (Fsp3) is 0.200. The zero-order chi connectivity index (χ0) is 17.6. The molecule has 0 aliphatic carbocycles. The minimum Gasteiger partial charge on any atom is -0.468 e. The number of esters is 1. The second-order valence-corrected chi connectivity index (χ2v) is 7.53. The van der Waals surface area contributed by atoms with Crippen LogP contribution in [0.3, 0.4) is 0 Å². The van der Waals surface area contributed by atoms with Crippen molar-refractivity contribution in [1.29, 1.82) is 0 Å². The molecular weight excluding hydrogens is 352 g/mol. The molecule has 1 aromatic heterocycles. The van der Waals surface area contributed by atoms with Gasteiger partial charge in [0.05, 0.1) is 18.4 Å². The zero-order valence-corrected chi connectivity index (χ0v) is 14.4. The number of nitrogens with one attached hydrogen (secondary N) is 2. The molecule has 2 rings (SSSR count). The molecule has 0 unspecified atom stereocenters. The summed E-state index contributed by atoms with van der Waals surface area (Å²) in [5.41, 5.74) is 0.489. The number of sulfonamides is 1. The van der Waals surface area contributed by atoms with Gasteiger partial charge in [0.2, 0.25) is 15.9 Å². The van der Waals surface area contributed by atoms with Crippen LogP contribution in [0.5, 0.6) is 0 Å². The predicted octanol–water partition coefficient (Wildman–Crippen LogP) is 1.38. The van der Waals surface area contributed by atoms with Gasteiger partial charge < -0.3 is 10.1 Å². The van der Waals surface area contributed by atoms with Gasteiger partial charge in [-0.05, 0) is 35.7 Å². The average molecular weight is 368 g/mol. The van der Waals surface area contributed by atoms with E-state index >= 15 is 0 Å². The van der Waals surface area contributed by atoms with E-state index in [2.05, 4.69) is 14.8 Å². The first kappa shape index (κ1) is 18.1. The highest BCUT2D eigenvalue weighted by Gasteiger charge is 2.15. The fourth-order valence-corrected chi connectivity index (χ4v) is 3.48. The van der Waals surface area contributed by atoms with Crippen LogP contribution in [0, 0.1) is 0 Å². The van der Waals surface area contributed by atoms with Crippen molar-refractivity contribution in [2.24, 2.45) is 0 Å². The summed E-state index contributed by atoms with van der Waals surface area (Å²) >= 11 is 1.49. The van der Waals surface area contributed by atoms with Gasteiger partial charge in [0.15, 0.2) is 0 Å². The van der Waals surface area contributed by atoms with Gasteiger partial charge >= 0.3 is 5.97 Å². The van der Waals surface area contributed by atoms with E-state index in [0.717, 1.165) is 4.88 Å². The lowest BCUT2D eigenvalue weighted by atomic mass is 10.3. The normalized spacial score (nSPS) is 11.0. The molecule has 0 aliphatic heterocycles. The molecule has 7 nitrogen and oxygen atoms in total. The number of rotatable bonds is 7. The number of benzene rings is 1. The first-order valence-electron chi connectivity index (χ1n) is 6.89. The minimum absolute atomic E-state index is 0.0114. The van der Waals surface area contributed by atoms with Gasteiger partial charge in [0.1, 0.15) is 6.54 Å². The lowest BCUT2D eigenvalue weighted by molar-refractivity contribution is -0.139. The molecule has 128 valence electrons. The van der Waals surface area contributed by atoms with E-state index in [9.17, 15) is 18.0 Å². The lowest BCUT2D eigenvalue weighted by Crippen LogP contribution is -2.30. The van der Waals surface area contributed by atoms with Crippen molar-refractivity contribution in [2.75, 3.05) is 19.0 Å². The number of carbonyl (C=O) groups excluding carboxylic acids is 2. The van der Waals surface area contributed by atoms with Crippen LogP contribution in [0.15, 0.2) is 46.7 Å². The lowest BCUT2D eigenvalue weighted by Gasteiger charge is -2.08. The van der Waals surface area contributed by atoms with Gasteiger partial charge in [-0.3, -0.25) is 9.59 Å². The Morgan fingerprint density at radius 2 is 1.88 bits per heavy atom. The number of anilines is 1. The standard InChI is InChI=1S/C15H16N2O5S2/c1-22-15(19)10-16-24(20,21)13-6-4-11(5-7-13)17-14(18)9-12-3-2-8-23-12/h2-8,16H,9-10H2,1H3,(H,17,18). The second-order valence-electron chi connectivity index (χ2n) is 4.73. The monoisotopic (exact) mass is 368 g/mol. The Hall–Kier alpha value is -2.23. The summed E-state index contributed by atoms with van der Waals surface area (Å²) in [7, 11) is -2.64. The quantitative estimate of drug-likeness (QED) is 0.719. The Morgan fingerprint density at radius 1 is 1.17 bits per heavy atom. The van der Waals surface area contributed by atoms with Crippen LogP contribution < -0.4 is 10.0 Å². The Morgan fingerprint density at radius 3 is 2.46 bits per heavy atom. The van der Waals surface area contributed by atoms with Crippen molar-refractivity contribution in [2.45, 2.75) is 11.3 Å². The van der Waals surface area contributed by atoms with Gasteiger partial charge in [-0.2, -0.15) is 4.72 Å². The molecule has 0 saturated carbocycles. The maximum absolute atomic E-state index is 12.0. The van der Waals surface area contributed by atoms with Crippen LogP contribution in [0.25, 0.3) is 0 Å². The largest absolute Gasteiger partial charge is 0.468 e. The average Bonchev–Trinajstić information content (AvgIpc) is 3.06. The predicted molar refractivity (Wildman–Crippen MR) is 90.3 cm³/mol. The molecule has 1 aromatic carbocycles. The summed E-state index contributed by atoms with van der Waals surface area (Å²) in [5, 5.41) is 4.59. The first-order chi connectivity index (χ1) is 11.4. The third-order valence-corrected chi connectivity index (χ3v) is 5.29. The zero-order valence-electron chi connectivity index (χ0n) is 12.8. The van der Waals surface area contributed by atoms with E-state index in [-0.39, 0.29) is 17.2 Å². The number of amides is 1. The highest BCUT2D eigenvalue weighted by molar-refractivity contribution is 7.89. The van der Waals surface area contributed by atoms with Crippen molar-refractivity contribution in [3.8, 4) is 0 Å². The second kappa shape index (κ2) is 8.04. The number of carbonyl (C=O) groups is 2. The summed E-state index contributed by atoms with van der Waals surface area (Å²) in [6.07, 6.45) is 0.262. The summed E-state index contributed by atoms with van der Waals surface area (Å²) in [6.45, 7) is -0.446. The molecule has 2 aromatic rings. The number of ether oxygens (including phenoxy) is 1. The van der Waals surface area contributed by atoms with E-state index in [4.69, 9.17) is 0 Å². The van der Waals surface area contributed by atoms with E-state index in [1.54, 1.807) is 0 Å². The Kier molecular flexibility index (Phi) is 6.07. The number of methoxy groups -OCH3 is 1. The van der Waals surface area contributed by atoms with Gasteiger partial charge in [-0.15, -0.1) is 11.3 Å². The summed E-state index contributed by atoms with van der Waals surface area (Å²) in [5.74, 6) is -0.868. The molecule has 0 bridgehead atoms. The van der Waals surface area contributed by atoms with E-state index < -0.39 is 22.5 Å². The third-order valence-electron chi connectivity index (χ3n) is 3.00. The van der Waals surface area contributed by atoms with Crippen LogP contribution >= 0.6 is 11.3 Å². The van der Waals surface area contributed by atoms with Gasteiger partial charge in [0.25, 0.3) is 0 Å². The Bertz CT molecular complexity index is 799. The van der Waals surface area contributed by atoms with Gasteiger partial charge in [0, 0.05) is 10.6 Å². The van der Waals surface area contributed by atoms with Crippen LogP contribution in [-0.4, -0.2) is 33.9 Å². The van der Waals surface area contributed by atoms with Gasteiger partial charge in [-0.25, -0.2) is 8.42 Å². The maximum Gasteiger partial charge on any atom is 0.320 e. The fourth-order valence-electron chi connectivity index (χ4n) is 1.80. The molecule has 0 atom stereocenters. The smallest absolute Gasteiger partial charge is 0.320 e. The molecule has 0 aliphatic rings. The molecule has 1 heterocycles. The van der Waals surface area contributed by atoms with Crippen molar-refractivity contribution in [3.63, 3.8) is 0 Å². The van der Waals surface area contributed by atoms with Crippen LogP contribution in [0.1, 0.15) is 4.88 Å². The summed E-state index contributed by atoms with van der Waals surface area (Å²) in [4.78, 5) is 23.8. The van der Waals surface area contributed by atoms with Crippen molar-refractivity contribution in [1.82, 2.24) is 4.72 Å². The first-order valence-corrected chi connectivity index (χ1v) is 9.26. The Labute approximate surface area is 143 Å². The molecule has 0 fully saturated rings.